The van der Waals surface area contributed by atoms with E-state index in [1.165, 1.54) is 86.3 Å². The number of anilines is 3. The zero-order valence-electron chi connectivity index (χ0n) is 35.5. The van der Waals surface area contributed by atoms with Crippen molar-refractivity contribution < 1.29 is 4.42 Å². The highest BCUT2D eigenvalue weighted by atomic mass is 32.2. The molecule has 66 heavy (non-hydrogen) atoms. The smallest absolute Gasteiger partial charge is 0.159 e. The number of fused-ring (bicyclic) bond motifs is 21. The van der Waals surface area contributed by atoms with Crippen LogP contribution in [0, 0.1) is 0 Å². The maximum Gasteiger partial charge on any atom is 0.159 e. The third-order valence-corrected chi connectivity index (χ3v) is 17.1. The minimum Gasteiger partial charge on any atom is -0.454 e. The van der Waals surface area contributed by atoms with Gasteiger partial charge in [0.25, 0.3) is 0 Å². The summed E-state index contributed by atoms with van der Waals surface area (Å²) in [5.41, 5.74) is 19.7. The highest BCUT2D eigenvalue weighted by Crippen LogP contribution is 2.65. The topological polar surface area (TPSA) is 16.4 Å². The molecule has 0 fully saturated rings. The van der Waals surface area contributed by atoms with Crippen LogP contribution in [-0.2, 0) is 10.8 Å². The number of benzene rings is 10. The van der Waals surface area contributed by atoms with Crippen LogP contribution in [0.1, 0.15) is 44.5 Å². The summed E-state index contributed by atoms with van der Waals surface area (Å²) >= 11 is 3.77. The second-order valence-electron chi connectivity index (χ2n) is 17.8. The zero-order chi connectivity index (χ0) is 43.1. The van der Waals surface area contributed by atoms with Crippen LogP contribution in [0.15, 0.2) is 248 Å². The van der Waals surface area contributed by atoms with Gasteiger partial charge in [-0.25, -0.2) is 0 Å². The van der Waals surface area contributed by atoms with Crippen molar-refractivity contribution in [1.82, 2.24) is 0 Å². The number of hydrogen-bond acceptors (Lipinski definition) is 4. The fourth-order valence-electron chi connectivity index (χ4n) is 12.3. The second-order valence-corrected chi connectivity index (χ2v) is 20.0. The molecular formula is C62H37NOS2. The number of para-hydroxylation sites is 2. The summed E-state index contributed by atoms with van der Waals surface area (Å²) in [5.74, 6) is 0. The van der Waals surface area contributed by atoms with Crippen LogP contribution in [0.3, 0.4) is 0 Å². The van der Waals surface area contributed by atoms with E-state index in [1.54, 1.807) is 0 Å². The molecule has 2 spiro atoms. The molecule has 308 valence electrons. The normalized spacial score (nSPS) is 14.8. The van der Waals surface area contributed by atoms with Gasteiger partial charge in [0, 0.05) is 41.7 Å². The summed E-state index contributed by atoms with van der Waals surface area (Å²) in [6.45, 7) is 0. The van der Waals surface area contributed by atoms with Gasteiger partial charge >= 0.3 is 0 Å². The molecule has 4 aliphatic rings. The Hall–Kier alpha value is -7.50. The molecule has 11 aromatic rings. The van der Waals surface area contributed by atoms with E-state index in [0.29, 0.717) is 0 Å². The monoisotopic (exact) mass is 875 g/mol. The fourth-order valence-corrected chi connectivity index (χ4v) is 14.7. The molecule has 0 saturated heterocycles. The minimum atomic E-state index is -0.455. The molecule has 1 aromatic heterocycles. The summed E-state index contributed by atoms with van der Waals surface area (Å²) in [5, 5.41) is 2.22. The van der Waals surface area contributed by atoms with Crippen LogP contribution >= 0.6 is 23.5 Å². The van der Waals surface area contributed by atoms with E-state index < -0.39 is 10.8 Å². The lowest BCUT2D eigenvalue weighted by Crippen LogP contribution is -2.32. The van der Waals surface area contributed by atoms with E-state index in [1.807, 2.05) is 23.5 Å². The standard InChI is InChI=1S/C62H37NOS2/c1-4-20-46-40(16-1)44-36-38(32-34-48(44)61(46)50-22-6-11-28-56(50)65-57-29-12-7-23-51(57)61)63(54-26-15-19-43-42-18-3-10-27-55(42)64-60(43)54)39-33-35-49-45(37-39)41-17-2-5-21-47(41)62(49)52-24-8-13-30-58(52)66-59-31-14-9-25-53(59)62/h1-37H. The molecule has 0 N–H and O–H groups in total. The van der Waals surface area contributed by atoms with E-state index in [-0.39, 0.29) is 0 Å². The van der Waals surface area contributed by atoms with Gasteiger partial charge < -0.3 is 9.32 Å². The molecule has 0 atom stereocenters. The van der Waals surface area contributed by atoms with Gasteiger partial charge in [0.15, 0.2) is 5.58 Å². The van der Waals surface area contributed by atoms with Crippen molar-refractivity contribution in [3.63, 3.8) is 0 Å². The van der Waals surface area contributed by atoms with E-state index in [2.05, 4.69) is 229 Å². The van der Waals surface area contributed by atoms with Crippen LogP contribution in [0.2, 0.25) is 0 Å². The fraction of sp³-hybridized carbons (Fsp3) is 0.0323. The Morgan fingerprint density at radius 2 is 0.712 bits per heavy atom. The molecule has 0 radical (unpaired) electrons. The Bertz CT molecular complexity index is 3590. The van der Waals surface area contributed by atoms with Gasteiger partial charge in [-0.3, -0.25) is 0 Å². The second kappa shape index (κ2) is 13.5. The molecule has 0 saturated carbocycles. The summed E-state index contributed by atoms with van der Waals surface area (Å²) in [6.07, 6.45) is 0. The SMILES string of the molecule is c1ccc2c(c1)Sc1ccccc1C21c2ccccc2-c2cc(N(c3ccc4c(c3)-c3ccccc3C43c4ccccc4Sc4ccccc43)c3cccc4c3oc3ccccc34)ccc21. The Morgan fingerprint density at radius 1 is 0.318 bits per heavy atom. The van der Waals surface area contributed by atoms with Crippen LogP contribution in [0.4, 0.5) is 17.1 Å². The number of nitrogens with zero attached hydrogens (tertiary/aromatic N) is 1. The Labute approximate surface area is 391 Å². The van der Waals surface area contributed by atoms with Gasteiger partial charge in [-0.15, -0.1) is 0 Å². The summed E-state index contributed by atoms with van der Waals surface area (Å²) < 4.78 is 6.90. The Kier molecular flexibility index (Phi) is 7.54. The molecule has 4 heteroatoms. The van der Waals surface area contributed by atoms with Crippen molar-refractivity contribution in [2.45, 2.75) is 30.4 Å². The van der Waals surface area contributed by atoms with Gasteiger partial charge in [-0.1, -0.05) is 187 Å². The van der Waals surface area contributed by atoms with E-state index in [9.17, 15) is 0 Å². The van der Waals surface area contributed by atoms with Crippen molar-refractivity contribution in [2.75, 3.05) is 4.90 Å². The Morgan fingerprint density at radius 3 is 1.21 bits per heavy atom. The van der Waals surface area contributed by atoms with Crippen molar-refractivity contribution in [1.29, 1.82) is 0 Å². The molecule has 3 heterocycles. The van der Waals surface area contributed by atoms with Crippen molar-refractivity contribution in [3.05, 3.63) is 269 Å². The highest BCUT2D eigenvalue weighted by molar-refractivity contribution is 7.99. The molecule has 2 nitrogen and oxygen atoms in total. The summed E-state index contributed by atoms with van der Waals surface area (Å²) in [6, 6.07) is 83.8. The molecular weight excluding hydrogens is 839 g/mol. The van der Waals surface area contributed by atoms with Crippen LogP contribution in [-0.4, -0.2) is 0 Å². The predicted molar refractivity (Wildman–Crippen MR) is 271 cm³/mol. The average molecular weight is 876 g/mol. The van der Waals surface area contributed by atoms with Crippen LogP contribution in [0.5, 0.6) is 0 Å². The predicted octanol–water partition coefficient (Wildman–Crippen LogP) is 16.7. The lowest BCUT2D eigenvalue weighted by molar-refractivity contribution is 0.669. The maximum atomic E-state index is 6.90. The molecule has 0 unspecified atom stereocenters. The lowest BCUT2D eigenvalue weighted by atomic mass is 9.67. The van der Waals surface area contributed by atoms with Crippen molar-refractivity contribution in [2.24, 2.45) is 0 Å². The molecule has 0 bridgehead atoms. The summed E-state index contributed by atoms with van der Waals surface area (Å²) in [4.78, 5) is 7.67. The van der Waals surface area contributed by atoms with Gasteiger partial charge in [0.1, 0.15) is 5.58 Å². The first-order chi connectivity index (χ1) is 32.7. The largest absolute Gasteiger partial charge is 0.454 e. The van der Waals surface area contributed by atoms with E-state index in [0.717, 1.165) is 39.0 Å². The van der Waals surface area contributed by atoms with Gasteiger partial charge in [0.2, 0.25) is 0 Å². The van der Waals surface area contributed by atoms with Gasteiger partial charge in [-0.05, 0) is 127 Å². The van der Waals surface area contributed by atoms with E-state index >= 15 is 0 Å². The van der Waals surface area contributed by atoms with Crippen LogP contribution < -0.4 is 4.90 Å². The first-order valence-corrected chi connectivity index (χ1v) is 24.3. The number of rotatable bonds is 3. The molecule has 0 amide bonds. The quantitative estimate of drug-likeness (QED) is 0.176. The van der Waals surface area contributed by atoms with Gasteiger partial charge in [0.05, 0.1) is 16.5 Å². The first-order valence-electron chi connectivity index (χ1n) is 22.7. The van der Waals surface area contributed by atoms with Gasteiger partial charge in [-0.2, -0.15) is 0 Å². The van der Waals surface area contributed by atoms with E-state index in [4.69, 9.17) is 4.42 Å². The average Bonchev–Trinajstić information content (AvgIpc) is 4.00. The number of hydrogen-bond donors (Lipinski definition) is 0. The van der Waals surface area contributed by atoms with Crippen LogP contribution in [0.25, 0.3) is 44.2 Å². The lowest BCUT2D eigenvalue weighted by Gasteiger charge is -2.40. The molecule has 2 aliphatic heterocycles. The number of furan rings is 1. The zero-order valence-corrected chi connectivity index (χ0v) is 37.2. The minimum absolute atomic E-state index is 0.455. The molecule has 10 aromatic carbocycles. The third kappa shape index (κ3) is 4.65. The molecule has 2 aliphatic carbocycles. The highest BCUT2D eigenvalue weighted by Gasteiger charge is 2.52. The third-order valence-electron chi connectivity index (χ3n) is 14.8. The van der Waals surface area contributed by atoms with Crippen molar-refractivity contribution >= 4 is 62.5 Å². The first kappa shape index (κ1) is 36.8. The van der Waals surface area contributed by atoms with Crippen molar-refractivity contribution in [3.8, 4) is 22.3 Å². The summed E-state index contributed by atoms with van der Waals surface area (Å²) in [7, 11) is 0. The maximum absolute atomic E-state index is 6.90. The molecule has 15 rings (SSSR count). The Balaban J connectivity index is 1.01.